The molecule has 2 aromatic rings. The zero-order valence-corrected chi connectivity index (χ0v) is 18.6. The van der Waals surface area contributed by atoms with Crippen LogP contribution >= 0.6 is 0 Å². The van der Waals surface area contributed by atoms with Crippen LogP contribution in [0.5, 0.6) is 11.5 Å². The molecule has 0 aromatic heterocycles. The lowest BCUT2D eigenvalue weighted by atomic mass is 9.66. The number of ether oxygens (including phenoxy) is 3. The second-order valence-corrected chi connectivity index (χ2v) is 7.84. The average Bonchev–Trinajstić information content (AvgIpc) is 2.79. The van der Waals surface area contributed by atoms with Crippen LogP contribution in [0.3, 0.4) is 0 Å². The maximum absolute atomic E-state index is 13.6. The Morgan fingerprint density at radius 3 is 1.74 bits per heavy atom. The minimum absolute atomic E-state index is 0.368. The summed E-state index contributed by atoms with van der Waals surface area (Å²) in [5, 5.41) is 44.5. The first-order valence-electron chi connectivity index (χ1n) is 10.2. The van der Waals surface area contributed by atoms with Gasteiger partial charge in [-0.15, -0.1) is 0 Å². The van der Waals surface area contributed by atoms with Gasteiger partial charge in [-0.1, -0.05) is 24.3 Å². The van der Waals surface area contributed by atoms with E-state index in [1.807, 2.05) is 0 Å². The Balaban J connectivity index is 2.25. The molecule has 186 valence electrons. The van der Waals surface area contributed by atoms with Crippen molar-refractivity contribution >= 4 is 23.5 Å². The van der Waals surface area contributed by atoms with E-state index < -0.39 is 70.2 Å². The molecule has 3 rings (SSSR count). The van der Waals surface area contributed by atoms with Crippen LogP contribution in [0.4, 0.5) is 0 Å². The SMILES string of the molecule is CC(=O)Oc1ccccc1C(=O)[C@@]1(O)C(N)(O)OC[C@@H](O)[C@@]1(O)C(=O)c1ccccc1OC(C)=O. The molecule has 12 nitrogen and oxygen atoms in total. The van der Waals surface area contributed by atoms with Gasteiger partial charge in [-0.2, -0.15) is 0 Å². The Hall–Kier alpha value is -3.52. The first kappa shape index (κ1) is 26.1. The molecule has 1 unspecified atom stereocenters. The van der Waals surface area contributed by atoms with Crippen LogP contribution in [0.15, 0.2) is 48.5 Å². The van der Waals surface area contributed by atoms with Gasteiger partial charge < -0.3 is 34.6 Å². The molecule has 1 aliphatic heterocycles. The summed E-state index contributed by atoms with van der Waals surface area (Å²) in [5.41, 5.74) is -2.73. The highest BCUT2D eigenvalue weighted by molar-refractivity contribution is 6.15. The molecule has 1 aliphatic rings. The molecule has 0 aliphatic carbocycles. The molecule has 6 N–H and O–H groups in total. The smallest absolute Gasteiger partial charge is 0.308 e. The largest absolute Gasteiger partial charge is 0.426 e. The van der Waals surface area contributed by atoms with Crippen LogP contribution in [0.2, 0.25) is 0 Å². The summed E-state index contributed by atoms with van der Waals surface area (Å²) in [6.45, 7) is 1.10. The van der Waals surface area contributed by atoms with Gasteiger partial charge in [-0.25, -0.2) is 0 Å². The first-order chi connectivity index (χ1) is 16.3. The van der Waals surface area contributed by atoms with Gasteiger partial charge in [0.25, 0.3) is 5.91 Å². The maximum atomic E-state index is 13.6. The fraction of sp³-hybridized carbons (Fsp3) is 0.304. The third kappa shape index (κ3) is 4.23. The van der Waals surface area contributed by atoms with Crippen LogP contribution < -0.4 is 15.2 Å². The molecule has 0 amide bonds. The van der Waals surface area contributed by atoms with E-state index in [0.29, 0.717) is 0 Å². The minimum Gasteiger partial charge on any atom is -0.426 e. The van der Waals surface area contributed by atoms with E-state index in [1.54, 1.807) is 0 Å². The van der Waals surface area contributed by atoms with E-state index in [9.17, 15) is 39.6 Å². The minimum atomic E-state index is -3.76. The van der Waals surface area contributed by atoms with Gasteiger partial charge >= 0.3 is 11.9 Å². The van der Waals surface area contributed by atoms with Crippen LogP contribution in [0.25, 0.3) is 0 Å². The number of Topliss-reactive ketones (excluding diaryl/α,β-unsaturated/α-hetero) is 2. The monoisotopic (exact) mass is 489 g/mol. The summed E-state index contributed by atoms with van der Waals surface area (Å²) in [6.07, 6.45) is -2.31. The van der Waals surface area contributed by atoms with Gasteiger partial charge in [0.1, 0.15) is 17.6 Å². The van der Waals surface area contributed by atoms with Crippen LogP contribution in [0, 0.1) is 0 Å². The predicted molar refractivity (Wildman–Crippen MR) is 115 cm³/mol. The van der Waals surface area contributed by atoms with Gasteiger partial charge in [0.2, 0.25) is 17.2 Å². The second kappa shape index (κ2) is 9.26. The van der Waals surface area contributed by atoms with Crippen LogP contribution in [0.1, 0.15) is 34.6 Å². The highest BCUT2D eigenvalue weighted by Gasteiger charge is 2.75. The quantitative estimate of drug-likeness (QED) is 0.144. The number of carbonyl (C=O) groups excluding carboxylic acids is 4. The summed E-state index contributed by atoms with van der Waals surface area (Å²) in [7, 11) is 0. The second-order valence-electron chi connectivity index (χ2n) is 7.84. The Kier molecular flexibility index (Phi) is 6.90. The van der Waals surface area contributed by atoms with E-state index in [4.69, 9.17) is 19.9 Å². The molecule has 2 aromatic carbocycles. The standard InChI is InChI=1S/C23H23NO11/c1-12(25)34-16-9-5-3-7-14(16)19(28)21(30)18(27)11-33-23(24,32)22(21,31)20(29)15-8-4-6-10-17(15)35-13(2)26/h3-10,18,27,30-32H,11,24H2,1-2H3/t18-,21-,22+,23?/m1/s1. The van der Waals surface area contributed by atoms with Crippen molar-refractivity contribution in [3.05, 3.63) is 59.7 Å². The number of rotatable bonds is 6. The fourth-order valence-corrected chi connectivity index (χ4v) is 3.79. The van der Waals surface area contributed by atoms with Crippen LogP contribution in [-0.2, 0) is 14.3 Å². The molecule has 35 heavy (non-hydrogen) atoms. The van der Waals surface area contributed by atoms with Gasteiger partial charge in [-0.05, 0) is 24.3 Å². The lowest BCUT2D eigenvalue weighted by Gasteiger charge is -2.53. The molecule has 1 fully saturated rings. The number of ketones is 2. The zero-order chi connectivity index (χ0) is 26.2. The topological polar surface area (TPSA) is 203 Å². The van der Waals surface area contributed by atoms with Crippen molar-refractivity contribution < 1.29 is 53.8 Å². The summed E-state index contributed by atoms with van der Waals surface area (Å²) in [4.78, 5) is 50.2. The molecule has 0 radical (unpaired) electrons. The van der Waals surface area contributed by atoms with E-state index in [-0.39, 0.29) is 5.75 Å². The van der Waals surface area contributed by atoms with Gasteiger partial charge in [0, 0.05) is 13.8 Å². The zero-order valence-electron chi connectivity index (χ0n) is 18.6. The van der Waals surface area contributed by atoms with Crippen molar-refractivity contribution in [3.63, 3.8) is 0 Å². The highest BCUT2D eigenvalue weighted by Crippen LogP contribution is 2.44. The van der Waals surface area contributed by atoms with E-state index in [2.05, 4.69) is 0 Å². The highest BCUT2D eigenvalue weighted by atomic mass is 16.7. The van der Waals surface area contributed by atoms with Crippen LogP contribution in [-0.4, -0.2) is 73.8 Å². The molecule has 0 spiro atoms. The number of hydrogen-bond donors (Lipinski definition) is 5. The molecular weight excluding hydrogens is 466 g/mol. The summed E-state index contributed by atoms with van der Waals surface area (Å²) >= 11 is 0. The molecular formula is C23H23NO11. The number of esters is 2. The fourth-order valence-electron chi connectivity index (χ4n) is 3.79. The Bertz CT molecular complexity index is 1190. The first-order valence-corrected chi connectivity index (χ1v) is 10.2. The normalized spacial score (nSPS) is 28.1. The van der Waals surface area contributed by atoms with Crippen molar-refractivity contribution in [2.24, 2.45) is 5.73 Å². The Labute approximate surface area is 198 Å². The van der Waals surface area contributed by atoms with E-state index in [1.165, 1.54) is 36.4 Å². The van der Waals surface area contributed by atoms with Crippen molar-refractivity contribution in [2.75, 3.05) is 6.61 Å². The van der Waals surface area contributed by atoms with Gasteiger partial charge in [0.15, 0.2) is 5.60 Å². The number of benzene rings is 2. The number of aliphatic hydroxyl groups excluding tert-OH is 1. The Morgan fingerprint density at radius 1 is 0.857 bits per heavy atom. The number of carbonyl (C=O) groups is 4. The van der Waals surface area contributed by atoms with Gasteiger partial charge in [0.05, 0.1) is 17.7 Å². The Morgan fingerprint density at radius 2 is 1.29 bits per heavy atom. The predicted octanol–water partition coefficient (Wildman–Crippen LogP) is -0.939. The summed E-state index contributed by atoms with van der Waals surface area (Å²) < 4.78 is 14.8. The average molecular weight is 489 g/mol. The molecule has 0 bridgehead atoms. The van der Waals surface area contributed by atoms with E-state index >= 15 is 0 Å². The summed E-state index contributed by atoms with van der Waals surface area (Å²) in [6, 6.07) is 9.91. The maximum Gasteiger partial charge on any atom is 0.308 e. The third-order valence-corrected chi connectivity index (χ3v) is 5.46. The number of hydrogen-bond acceptors (Lipinski definition) is 12. The molecule has 12 heteroatoms. The van der Waals surface area contributed by atoms with E-state index in [0.717, 1.165) is 26.0 Å². The number of para-hydroxylation sites is 2. The number of aliphatic hydroxyl groups is 4. The van der Waals surface area contributed by atoms with Crippen molar-refractivity contribution in [1.29, 1.82) is 0 Å². The molecule has 1 heterocycles. The molecule has 0 saturated carbocycles. The summed E-state index contributed by atoms with van der Waals surface area (Å²) in [5.74, 6) is -9.00. The lowest BCUT2D eigenvalue weighted by molar-refractivity contribution is -0.360. The van der Waals surface area contributed by atoms with Crippen molar-refractivity contribution in [1.82, 2.24) is 0 Å². The number of nitrogens with two attached hydrogens (primary N) is 1. The van der Waals surface area contributed by atoms with Crippen molar-refractivity contribution in [2.45, 2.75) is 37.1 Å². The lowest BCUT2D eigenvalue weighted by Crippen LogP contribution is -2.84. The molecule has 4 atom stereocenters. The third-order valence-electron chi connectivity index (χ3n) is 5.46. The van der Waals surface area contributed by atoms with Gasteiger partial charge in [-0.3, -0.25) is 24.9 Å². The molecule has 1 saturated heterocycles. The van der Waals surface area contributed by atoms with Crippen molar-refractivity contribution in [3.8, 4) is 11.5 Å².